The molecule has 8 nitrogen and oxygen atoms in total. The Morgan fingerprint density at radius 3 is 2.47 bits per heavy atom. The average molecular weight is 412 g/mol. The summed E-state index contributed by atoms with van der Waals surface area (Å²) in [5.41, 5.74) is 1.38. The average Bonchev–Trinajstić information content (AvgIpc) is 3.21. The van der Waals surface area contributed by atoms with E-state index in [-0.39, 0.29) is 23.5 Å². The first kappa shape index (κ1) is 21.2. The molecule has 1 aliphatic rings. The van der Waals surface area contributed by atoms with Crippen LogP contribution in [0.15, 0.2) is 58.3 Å². The summed E-state index contributed by atoms with van der Waals surface area (Å²) in [6, 6.07) is 8.51. The lowest BCUT2D eigenvalue weighted by molar-refractivity contribution is -0.143. The Labute approximate surface area is 174 Å². The topological polar surface area (TPSA) is 107 Å². The summed E-state index contributed by atoms with van der Waals surface area (Å²) in [6.07, 6.45) is 1.06. The summed E-state index contributed by atoms with van der Waals surface area (Å²) in [5.74, 6) is -0.968. The van der Waals surface area contributed by atoms with Crippen LogP contribution in [0, 0.1) is 5.92 Å². The van der Waals surface area contributed by atoms with E-state index in [2.05, 4.69) is 10.6 Å². The first-order valence-electron chi connectivity index (χ1n) is 9.64. The molecule has 0 radical (unpaired) electrons. The highest BCUT2D eigenvalue weighted by atomic mass is 16.5. The molecule has 0 spiro atoms. The Bertz CT molecular complexity index is 975. The van der Waals surface area contributed by atoms with Crippen LogP contribution in [-0.2, 0) is 9.53 Å². The van der Waals surface area contributed by atoms with Crippen LogP contribution in [0.25, 0.3) is 0 Å². The minimum absolute atomic E-state index is 0.0683. The standard InChI is InChI=1S/C22H24N2O6/c1-12(2)18-17(21(26)29-13(3)4)19(24-22(27)23-18)14-7-5-8-15(11-14)30-20(25)16-9-6-10-28-16/h5-13,19H,1-4H3,(H2,23,24,27). The fourth-order valence-corrected chi connectivity index (χ4v) is 3.10. The maximum atomic E-state index is 12.9. The van der Waals surface area contributed by atoms with Crippen molar-refractivity contribution in [3.05, 3.63) is 65.3 Å². The second-order valence-corrected chi connectivity index (χ2v) is 7.41. The van der Waals surface area contributed by atoms with E-state index in [9.17, 15) is 14.4 Å². The van der Waals surface area contributed by atoms with Crippen molar-refractivity contribution in [3.63, 3.8) is 0 Å². The molecule has 2 heterocycles. The second-order valence-electron chi connectivity index (χ2n) is 7.41. The Morgan fingerprint density at radius 1 is 1.07 bits per heavy atom. The minimum Gasteiger partial charge on any atom is -0.459 e. The molecule has 0 saturated heterocycles. The number of hydrogen-bond donors (Lipinski definition) is 2. The number of allylic oxidation sites excluding steroid dienone is 1. The maximum absolute atomic E-state index is 12.9. The van der Waals surface area contributed by atoms with E-state index in [1.165, 1.54) is 12.3 Å². The van der Waals surface area contributed by atoms with Gasteiger partial charge in [0.05, 0.1) is 24.0 Å². The Kier molecular flexibility index (Phi) is 6.25. The van der Waals surface area contributed by atoms with Gasteiger partial charge in [0, 0.05) is 5.70 Å². The molecule has 1 aromatic carbocycles. The SMILES string of the molecule is CC(C)OC(=O)C1=C(C(C)C)NC(=O)NC1c1cccc(OC(=O)c2ccco2)c1. The van der Waals surface area contributed by atoms with Crippen LogP contribution >= 0.6 is 0 Å². The lowest BCUT2D eigenvalue weighted by Crippen LogP contribution is -2.47. The molecule has 8 heteroatoms. The lowest BCUT2D eigenvalue weighted by atomic mass is 9.91. The number of hydrogen-bond acceptors (Lipinski definition) is 6. The highest BCUT2D eigenvalue weighted by Gasteiger charge is 2.35. The largest absolute Gasteiger partial charge is 0.459 e. The summed E-state index contributed by atoms with van der Waals surface area (Å²) in [5, 5.41) is 5.48. The molecule has 0 saturated carbocycles. The van der Waals surface area contributed by atoms with Crippen molar-refractivity contribution < 1.29 is 28.3 Å². The molecule has 1 aliphatic heterocycles. The summed E-state index contributed by atoms with van der Waals surface area (Å²) in [4.78, 5) is 37.3. The lowest BCUT2D eigenvalue weighted by Gasteiger charge is -2.31. The van der Waals surface area contributed by atoms with Gasteiger partial charge in [-0.3, -0.25) is 0 Å². The Hall–Kier alpha value is -3.55. The molecule has 30 heavy (non-hydrogen) atoms. The van der Waals surface area contributed by atoms with E-state index in [0.717, 1.165) is 0 Å². The van der Waals surface area contributed by atoms with Crippen LogP contribution in [0.2, 0.25) is 0 Å². The van der Waals surface area contributed by atoms with Gasteiger partial charge in [0.25, 0.3) is 0 Å². The van der Waals surface area contributed by atoms with Gasteiger partial charge in [-0.15, -0.1) is 0 Å². The van der Waals surface area contributed by atoms with Crippen molar-refractivity contribution in [1.82, 2.24) is 10.6 Å². The summed E-state index contributed by atoms with van der Waals surface area (Å²) < 4.78 is 15.8. The summed E-state index contributed by atoms with van der Waals surface area (Å²) >= 11 is 0. The van der Waals surface area contributed by atoms with Crippen molar-refractivity contribution in [1.29, 1.82) is 0 Å². The molecule has 1 unspecified atom stereocenters. The van der Waals surface area contributed by atoms with Gasteiger partial charge in [-0.1, -0.05) is 26.0 Å². The van der Waals surface area contributed by atoms with Crippen LogP contribution in [-0.4, -0.2) is 24.1 Å². The number of carbonyl (C=O) groups is 3. The molecular weight excluding hydrogens is 388 g/mol. The molecule has 158 valence electrons. The quantitative estimate of drug-likeness (QED) is 0.553. The van der Waals surface area contributed by atoms with Crippen LogP contribution in [0.5, 0.6) is 5.75 Å². The van der Waals surface area contributed by atoms with Crippen LogP contribution in [0.1, 0.15) is 49.9 Å². The second kappa shape index (κ2) is 8.86. The predicted octanol–water partition coefficient (Wildman–Crippen LogP) is 3.71. The number of amides is 2. The van der Waals surface area contributed by atoms with Gasteiger partial charge >= 0.3 is 18.0 Å². The Morgan fingerprint density at radius 2 is 1.83 bits per heavy atom. The summed E-state index contributed by atoms with van der Waals surface area (Å²) in [6.45, 7) is 7.27. The fraction of sp³-hybridized carbons (Fsp3) is 0.318. The molecule has 0 fully saturated rings. The molecule has 3 rings (SSSR count). The van der Waals surface area contributed by atoms with Gasteiger partial charge in [-0.25, -0.2) is 14.4 Å². The van der Waals surface area contributed by atoms with Crippen LogP contribution in [0.3, 0.4) is 0 Å². The molecule has 2 aromatic rings. The van der Waals surface area contributed by atoms with Crippen LogP contribution < -0.4 is 15.4 Å². The molecule has 1 atom stereocenters. The van der Waals surface area contributed by atoms with Crippen molar-refractivity contribution in [3.8, 4) is 5.75 Å². The first-order chi connectivity index (χ1) is 14.3. The van der Waals surface area contributed by atoms with E-state index in [1.54, 1.807) is 44.2 Å². The van der Waals surface area contributed by atoms with E-state index >= 15 is 0 Å². The van der Waals surface area contributed by atoms with E-state index < -0.39 is 24.0 Å². The molecular formula is C22H24N2O6. The van der Waals surface area contributed by atoms with Gasteiger partial charge in [0.2, 0.25) is 5.76 Å². The molecule has 2 N–H and O–H groups in total. The molecule has 1 aromatic heterocycles. The Balaban J connectivity index is 1.97. The number of benzene rings is 1. The number of urea groups is 1. The smallest absolute Gasteiger partial charge is 0.379 e. The number of ether oxygens (including phenoxy) is 2. The number of nitrogens with one attached hydrogen (secondary N) is 2. The van der Waals surface area contributed by atoms with Crippen molar-refractivity contribution >= 4 is 18.0 Å². The zero-order valence-electron chi connectivity index (χ0n) is 17.2. The number of esters is 2. The van der Waals surface area contributed by atoms with Crippen LogP contribution in [0.4, 0.5) is 4.79 Å². The van der Waals surface area contributed by atoms with Crippen molar-refractivity contribution in [2.45, 2.75) is 39.8 Å². The zero-order valence-corrected chi connectivity index (χ0v) is 17.2. The molecule has 2 amide bonds. The van der Waals surface area contributed by atoms with E-state index in [0.29, 0.717) is 16.8 Å². The fourth-order valence-electron chi connectivity index (χ4n) is 3.10. The number of rotatable bonds is 6. The highest BCUT2D eigenvalue weighted by molar-refractivity contribution is 5.95. The van der Waals surface area contributed by atoms with Gasteiger partial charge in [0.15, 0.2) is 0 Å². The molecule has 0 aliphatic carbocycles. The predicted molar refractivity (Wildman–Crippen MR) is 108 cm³/mol. The van der Waals surface area contributed by atoms with E-state index in [1.807, 2.05) is 13.8 Å². The molecule has 0 bridgehead atoms. The zero-order chi connectivity index (χ0) is 21.8. The third-order valence-electron chi connectivity index (χ3n) is 4.37. The van der Waals surface area contributed by atoms with Gasteiger partial charge < -0.3 is 24.5 Å². The number of furan rings is 1. The monoisotopic (exact) mass is 412 g/mol. The van der Waals surface area contributed by atoms with Gasteiger partial charge in [-0.2, -0.15) is 0 Å². The minimum atomic E-state index is -0.760. The van der Waals surface area contributed by atoms with Crippen molar-refractivity contribution in [2.75, 3.05) is 0 Å². The van der Waals surface area contributed by atoms with Gasteiger partial charge in [0.1, 0.15) is 5.75 Å². The van der Waals surface area contributed by atoms with Gasteiger partial charge in [-0.05, 0) is 49.6 Å². The first-order valence-corrected chi connectivity index (χ1v) is 9.64. The maximum Gasteiger partial charge on any atom is 0.379 e. The normalized spacial score (nSPS) is 16.3. The third-order valence-corrected chi connectivity index (χ3v) is 4.37. The van der Waals surface area contributed by atoms with E-state index in [4.69, 9.17) is 13.9 Å². The number of carbonyl (C=O) groups excluding carboxylic acids is 3. The van der Waals surface area contributed by atoms with Crippen molar-refractivity contribution in [2.24, 2.45) is 5.92 Å². The third kappa shape index (κ3) is 4.71. The summed E-state index contributed by atoms with van der Waals surface area (Å²) in [7, 11) is 0. The highest BCUT2D eigenvalue weighted by Crippen LogP contribution is 2.32.